The van der Waals surface area contributed by atoms with E-state index < -0.39 is 0 Å². The standard InChI is InChI=1S/C16H23NO2/c1-13-5-7-15(8-6-13)16(18)11-17(2)10-14-4-3-9-19-12-14/h5-8,14H,3-4,9-12H2,1-2H3. The molecular weight excluding hydrogens is 238 g/mol. The van der Waals surface area contributed by atoms with Crippen LogP contribution < -0.4 is 0 Å². The van der Waals surface area contributed by atoms with E-state index >= 15 is 0 Å². The highest BCUT2D eigenvalue weighted by molar-refractivity contribution is 5.97. The number of hydrogen-bond acceptors (Lipinski definition) is 3. The number of hydrogen-bond donors (Lipinski definition) is 0. The Kier molecular flexibility index (Phi) is 5.11. The molecule has 104 valence electrons. The lowest BCUT2D eigenvalue weighted by Crippen LogP contribution is -2.34. The lowest BCUT2D eigenvalue weighted by atomic mass is 10.0. The lowest BCUT2D eigenvalue weighted by Gasteiger charge is -2.26. The molecule has 0 radical (unpaired) electrons. The summed E-state index contributed by atoms with van der Waals surface area (Å²) in [4.78, 5) is 14.2. The molecule has 2 rings (SSSR count). The van der Waals surface area contributed by atoms with E-state index in [0.717, 1.165) is 31.7 Å². The van der Waals surface area contributed by atoms with Crippen LogP contribution in [0.1, 0.15) is 28.8 Å². The number of carbonyl (C=O) groups excluding carboxylic acids is 1. The Morgan fingerprint density at radius 3 is 2.74 bits per heavy atom. The van der Waals surface area contributed by atoms with Crippen LogP contribution in [0.25, 0.3) is 0 Å². The number of rotatable bonds is 5. The summed E-state index contributed by atoms with van der Waals surface area (Å²) in [5.41, 5.74) is 1.99. The van der Waals surface area contributed by atoms with Crippen molar-refractivity contribution < 1.29 is 9.53 Å². The van der Waals surface area contributed by atoms with Crippen molar-refractivity contribution in [3.63, 3.8) is 0 Å². The van der Waals surface area contributed by atoms with Crippen molar-refractivity contribution in [2.45, 2.75) is 19.8 Å². The van der Waals surface area contributed by atoms with Gasteiger partial charge in [-0.3, -0.25) is 9.69 Å². The first-order valence-electron chi connectivity index (χ1n) is 7.01. The molecule has 1 aromatic rings. The van der Waals surface area contributed by atoms with Crippen molar-refractivity contribution in [2.24, 2.45) is 5.92 Å². The molecule has 19 heavy (non-hydrogen) atoms. The number of ether oxygens (including phenoxy) is 1. The molecule has 1 saturated heterocycles. The Hall–Kier alpha value is -1.19. The van der Waals surface area contributed by atoms with E-state index in [1.54, 1.807) is 0 Å². The van der Waals surface area contributed by atoms with Crippen LogP contribution in [0.2, 0.25) is 0 Å². The van der Waals surface area contributed by atoms with Crippen LogP contribution >= 0.6 is 0 Å². The van der Waals surface area contributed by atoms with Gasteiger partial charge in [-0.15, -0.1) is 0 Å². The van der Waals surface area contributed by atoms with Crippen molar-refractivity contribution in [1.29, 1.82) is 0 Å². The second-order valence-corrected chi connectivity index (χ2v) is 5.57. The molecule has 1 unspecified atom stereocenters. The number of likely N-dealkylation sites (N-methyl/N-ethyl adjacent to an activating group) is 1. The second-order valence-electron chi connectivity index (χ2n) is 5.57. The summed E-state index contributed by atoms with van der Waals surface area (Å²) < 4.78 is 5.47. The first kappa shape index (κ1) is 14.2. The van der Waals surface area contributed by atoms with E-state index in [1.165, 1.54) is 12.0 Å². The monoisotopic (exact) mass is 261 g/mol. The molecule has 1 fully saturated rings. The molecule has 1 atom stereocenters. The summed E-state index contributed by atoms with van der Waals surface area (Å²) in [6.07, 6.45) is 2.35. The van der Waals surface area contributed by atoms with Gasteiger partial charge in [0.1, 0.15) is 0 Å². The average molecular weight is 261 g/mol. The highest BCUT2D eigenvalue weighted by Crippen LogP contribution is 2.14. The highest BCUT2D eigenvalue weighted by Gasteiger charge is 2.17. The van der Waals surface area contributed by atoms with Gasteiger partial charge in [0.2, 0.25) is 0 Å². The van der Waals surface area contributed by atoms with Crippen LogP contribution in [0.3, 0.4) is 0 Å². The van der Waals surface area contributed by atoms with Gasteiger partial charge >= 0.3 is 0 Å². The number of ketones is 1. The Morgan fingerprint density at radius 1 is 1.37 bits per heavy atom. The second kappa shape index (κ2) is 6.83. The number of aryl methyl sites for hydroxylation is 1. The zero-order chi connectivity index (χ0) is 13.7. The van der Waals surface area contributed by atoms with Gasteiger partial charge in [-0.1, -0.05) is 29.8 Å². The average Bonchev–Trinajstić information content (AvgIpc) is 2.40. The minimum absolute atomic E-state index is 0.194. The highest BCUT2D eigenvalue weighted by atomic mass is 16.5. The van der Waals surface area contributed by atoms with Gasteiger partial charge in [0.25, 0.3) is 0 Å². The molecule has 0 aliphatic carbocycles. The maximum atomic E-state index is 12.1. The van der Waals surface area contributed by atoms with E-state index in [2.05, 4.69) is 4.90 Å². The fourth-order valence-corrected chi connectivity index (χ4v) is 2.53. The van der Waals surface area contributed by atoms with E-state index in [9.17, 15) is 4.79 Å². The minimum atomic E-state index is 0.194. The zero-order valence-electron chi connectivity index (χ0n) is 11.9. The number of benzene rings is 1. The van der Waals surface area contributed by atoms with Crippen LogP contribution in [-0.4, -0.2) is 44.0 Å². The smallest absolute Gasteiger partial charge is 0.176 e. The minimum Gasteiger partial charge on any atom is -0.381 e. The topological polar surface area (TPSA) is 29.5 Å². The number of nitrogens with zero attached hydrogens (tertiary/aromatic N) is 1. The van der Waals surface area contributed by atoms with Crippen LogP contribution in [0.15, 0.2) is 24.3 Å². The van der Waals surface area contributed by atoms with Crippen molar-refractivity contribution in [1.82, 2.24) is 4.90 Å². The fourth-order valence-electron chi connectivity index (χ4n) is 2.53. The van der Waals surface area contributed by atoms with Crippen molar-refractivity contribution in [3.05, 3.63) is 35.4 Å². The van der Waals surface area contributed by atoms with Gasteiger partial charge in [-0.25, -0.2) is 0 Å². The molecular formula is C16H23NO2. The third-order valence-corrected chi connectivity index (χ3v) is 3.61. The van der Waals surface area contributed by atoms with Gasteiger partial charge in [-0.2, -0.15) is 0 Å². The van der Waals surface area contributed by atoms with Gasteiger partial charge in [0.05, 0.1) is 13.2 Å². The quantitative estimate of drug-likeness (QED) is 0.763. The summed E-state index contributed by atoms with van der Waals surface area (Å²) in [6, 6.07) is 7.80. The lowest BCUT2D eigenvalue weighted by molar-refractivity contribution is 0.0416. The molecule has 3 heteroatoms. The van der Waals surface area contributed by atoms with Crippen LogP contribution in [-0.2, 0) is 4.74 Å². The van der Waals surface area contributed by atoms with Crippen LogP contribution in [0.5, 0.6) is 0 Å². The Bertz CT molecular complexity index is 407. The van der Waals surface area contributed by atoms with Crippen molar-refractivity contribution in [2.75, 3.05) is 33.4 Å². The maximum absolute atomic E-state index is 12.1. The maximum Gasteiger partial charge on any atom is 0.176 e. The van der Waals surface area contributed by atoms with Gasteiger partial charge < -0.3 is 4.74 Å². The first-order valence-corrected chi connectivity index (χ1v) is 7.01. The summed E-state index contributed by atoms with van der Waals surface area (Å²) in [5, 5.41) is 0. The van der Waals surface area contributed by atoms with Crippen molar-refractivity contribution in [3.8, 4) is 0 Å². The Labute approximate surface area is 115 Å². The number of Topliss-reactive ketones (excluding diaryl/α,β-unsaturated/α-hetero) is 1. The van der Waals surface area contributed by atoms with Gasteiger partial charge in [0, 0.05) is 18.7 Å². The number of carbonyl (C=O) groups is 1. The van der Waals surface area contributed by atoms with Crippen molar-refractivity contribution >= 4 is 5.78 Å². The summed E-state index contributed by atoms with van der Waals surface area (Å²) in [5.74, 6) is 0.767. The third-order valence-electron chi connectivity index (χ3n) is 3.61. The van der Waals surface area contributed by atoms with Crippen LogP contribution in [0, 0.1) is 12.8 Å². The normalized spacial score (nSPS) is 19.6. The Morgan fingerprint density at radius 2 is 2.11 bits per heavy atom. The Balaban J connectivity index is 1.82. The molecule has 0 amide bonds. The first-order chi connectivity index (χ1) is 9.15. The third kappa shape index (κ3) is 4.44. The predicted molar refractivity (Wildman–Crippen MR) is 76.5 cm³/mol. The molecule has 1 aliphatic heterocycles. The molecule has 0 aromatic heterocycles. The summed E-state index contributed by atoms with van der Waals surface area (Å²) >= 11 is 0. The van der Waals surface area contributed by atoms with E-state index in [1.807, 2.05) is 38.2 Å². The molecule has 1 aromatic carbocycles. The zero-order valence-corrected chi connectivity index (χ0v) is 11.9. The van der Waals surface area contributed by atoms with Gasteiger partial charge in [-0.05, 0) is 32.7 Å². The summed E-state index contributed by atoms with van der Waals surface area (Å²) in [6.45, 7) is 5.19. The largest absolute Gasteiger partial charge is 0.381 e. The molecule has 3 nitrogen and oxygen atoms in total. The SMILES string of the molecule is Cc1ccc(C(=O)CN(C)CC2CCCOC2)cc1. The van der Waals surface area contributed by atoms with E-state index in [0.29, 0.717) is 12.5 Å². The molecule has 0 bridgehead atoms. The molecule has 1 aliphatic rings. The molecule has 1 heterocycles. The van der Waals surface area contributed by atoms with Crippen LogP contribution in [0.4, 0.5) is 0 Å². The fraction of sp³-hybridized carbons (Fsp3) is 0.562. The van der Waals surface area contributed by atoms with Gasteiger partial charge in [0.15, 0.2) is 5.78 Å². The van der Waals surface area contributed by atoms with E-state index in [4.69, 9.17) is 4.74 Å². The molecule has 0 saturated carbocycles. The molecule has 0 N–H and O–H groups in total. The predicted octanol–water partition coefficient (Wildman–Crippen LogP) is 2.54. The van der Waals surface area contributed by atoms with E-state index in [-0.39, 0.29) is 5.78 Å². The summed E-state index contributed by atoms with van der Waals surface area (Å²) in [7, 11) is 2.01. The molecule has 0 spiro atoms.